The lowest BCUT2D eigenvalue weighted by Gasteiger charge is -2.21. The van der Waals surface area contributed by atoms with Gasteiger partial charge in [-0.1, -0.05) is 15.9 Å². The van der Waals surface area contributed by atoms with Crippen LogP contribution in [0.5, 0.6) is 5.75 Å². The topological polar surface area (TPSA) is 63.7 Å². The highest BCUT2D eigenvalue weighted by molar-refractivity contribution is 9.10. The number of anilines is 1. The van der Waals surface area contributed by atoms with Crippen LogP contribution in [0, 0.1) is 0 Å². The number of benzene rings is 1. The first-order valence-electron chi connectivity index (χ1n) is 5.76. The molecule has 1 aromatic carbocycles. The van der Waals surface area contributed by atoms with Gasteiger partial charge in [-0.2, -0.15) is 8.42 Å². The average molecular weight is 406 g/mol. The molecule has 1 atom stereocenters. The van der Waals surface area contributed by atoms with E-state index in [0.29, 0.717) is 0 Å². The average Bonchev–Trinajstić information content (AvgIpc) is 2.69. The van der Waals surface area contributed by atoms with E-state index < -0.39 is 46.5 Å². The second-order valence-corrected chi connectivity index (χ2v) is 7.00. The van der Waals surface area contributed by atoms with Crippen molar-refractivity contribution in [2.45, 2.75) is 18.0 Å². The lowest BCUT2D eigenvalue weighted by Crippen LogP contribution is -2.28. The second kappa shape index (κ2) is 5.69. The Morgan fingerprint density at radius 3 is 2.45 bits per heavy atom. The molecule has 0 spiro atoms. The largest absolute Gasteiger partial charge is 0.573 e. The fourth-order valence-electron chi connectivity index (χ4n) is 2.01. The Labute approximate surface area is 131 Å². The lowest BCUT2D eigenvalue weighted by atomic mass is 10.2. The summed E-state index contributed by atoms with van der Waals surface area (Å²) in [4.78, 5) is 12.5. The standard InChI is InChI=1S/C11H8BrF4NO4S/c12-6-1-2-8(9(3-6)21-11(13,14)15)17-5-7(4-10(17)18)22(16,19)20/h1-3,7H,4-5H2. The van der Waals surface area contributed by atoms with Gasteiger partial charge >= 0.3 is 16.6 Å². The number of rotatable bonds is 3. The van der Waals surface area contributed by atoms with E-state index in [-0.39, 0.29) is 10.2 Å². The van der Waals surface area contributed by atoms with Crippen LogP contribution in [0.3, 0.4) is 0 Å². The SMILES string of the molecule is O=C1CC(S(=O)(=O)F)CN1c1ccc(Br)cc1OC(F)(F)F. The van der Waals surface area contributed by atoms with Crippen molar-refractivity contribution in [1.29, 1.82) is 0 Å². The van der Waals surface area contributed by atoms with Crippen LogP contribution in [0.1, 0.15) is 6.42 Å². The quantitative estimate of drug-likeness (QED) is 0.572. The van der Waals surface area contributed by atoms with Gasteiger partial charge in [0.25, 0.3) is 0 Å². The Morgan fingerprint density at radius 2 is 1.95 bits per heavy atom. The van der Waals surface area contributed by atoms with Crippen LogP contribution in [-0.4, -0.2) is 32.5 Å². The highest BCUT2D eigenvalue weighted by Gasteiger charge is 2.41. The molecule has 1 aliphatic heterocycles. The Bertz CT molecular complexity index is 707. The van der Waals surface area contributed by atoms with Gasteiger partial charge in [0.15, 0.2) is 5.75 Å². The number of alkyl halides is 3. The van der Waals surface area contributed by atoms with Gasteiger partial charge in [-0.3, -0.25) is 4.79 Å². The van der Waals surface area contributed by atoms with Crippen LogP contribution < -0.4 is 9.64 Å². The van der Waals surface area contributed by atoms with Gasteiger partial charge in [-0.15, -0.1) is 17.1 Å². The summed E-state index contributed by atoms with van der Waals surface area (Å²) in [6.45, 7) is -0.576. The summed E-state index contributed by atoms with van der Waals surface area (Å²) in [5, 5.41) is -1.61. The molecule has 1 fully saturated rings. The molecule has 0 radical (unpaired) electrons. The van der Waals surface area contributed by atoms with Crippen molar-refractivity contribution >= 4 is 37.7 Å². The predicted octanol–water partition coefficient (Wildman–Crippen LogP) is 2.75. The van der Waals surface area contributed by atoms with Crippen LogP contribution in [-0.2, 0) is 15.0 Å². The minimum Gasteiger partial charge on any atom is -0.404 e. The monoisotopic (exact) mass is 405 g/mol. The van der Waals surface area contributed by atoms with Crippen LogP contribution in [0.2, 0.25) is 0 Å². The Morgan fingerprint density at radius 1 is 1.32 bits per heavy atom. The van der Waals surface area contributed by atoms with Crippen LogP contribution in [0.25, 0.3) is 0 Å². The van der Waals surface area contributed by atoms with Gasteiger partial charge < -0.3 is 9.64 Å². The molecule has 11 heteroatoms. The molecule has 1 aromatic rings. The fraction of sp³-hybridized carbons (Fsp3) is 0.364. The predicted molar refractivity (Wildman–Crippen MR) is 71.6 cm³/mol. The number of amides is 1. The molecular formula is C11H8BrF4NO4S. The van der Waals surface area contributed by atoms with E-state index in [9.17, 15) is 30.3 Å². The molecule has 2 rings (SSSR count). The fourth-order valence-corrected chi connectivity index (χ4v) is 3.02. The van der Waals surface area contributed by atoms with E-state index in [1.807, 2.05) is 0 Å². The summed E-state index contributed by atoms with van der Waals surface area (Å²) < 4.78 is 76.0. The number of ether oxygens (including phenoxy) is 1. The Kier molecular flexibility index (Phi) is 4.39. The highest BCUT2D eigenvalue weighted by atomic mass is 79.9. The number of nitrogens with zero attached hydrogens (tertiary/aromatic N) is 1. The Hall–Kier alpha value is -1.36. The van der Waals surface area contributed by atoms with Crippen LogP contribution in [0.4, 0.5) is 22.7 Å². The van der Waals surface area contributed by atoms with Crippen molar-refractivity contribution in [3.8, 4) is 5.75 Å². The molecule has 5 nitrogen and oxygen atoms in total. The van der Waals surface area contributed by atoms with Gasteiger partial charge in [0.2, 0.25) is 5.91 Å². The van der Waals surface area contributed by atoms with E-state index in [2.05, 4.69) is 20.7 Å². The van der Waals surface area contributed by atoms with E-state index in [4.69, 9.17) is 0 Å². The summed E-state index contributed by atoms with van der Waals surface area (Å²) in [6, 6.07) is 3.48. The molecule has 1 amide bonds. The van der Waals surface area contributed by atoms with Crippen molar-refractivity contribution < 1.29 is 35.0 Å². The summed E-state index contributed by atoms with van der Waals surface area (Å²) in [7, 11) is -4.97. The third-order valence-corrected chi connectivity index (χ3v) is 4.53. The van der Waals surface area contributed by atoms with Gasteiger partial charge in [-0.05, 0) is 18.2 Å². The van der Waals surface area contributed by atoms with Crippen molar-refractivity contribution in [3.05, 3.63) is 22.7 Å². The first kappa shape index (κ1) is 17.0. The van der Waals surface area contributed by atoms with Gasteiger partial charge in [-0.25, -0.2) is 0 Å². The zero-order chi connectivity index (χ0) is 16.7. The number of carbonyl (C=O) groups excluding carboxylic acids is 1. The van der Waals surface area contributed by atoms with Crippen molar-refractivity contribution in [3.63, 3.8) is 0 Å². The lowest BCUT2D eigenvalue weighted by molar-refractivity contribution is -0.274. The van der Waals surface area contributed by atoms with E-state index >= 15 is 0 Å². The summed E-state index contributed by atoms with van der Waals surface area (Å²) >= 11 is 2.96. The maximum absolute atomic E-state index is 13.0. The van der Waals surface area contributed by atoms with Crippen molar-refractivity contribution in [1.82, 2.24) is 0 Å². The maximum atomic E-state index is 13.0. The molecule has 122 valence electrons. The Balaban J connectivity index is 2.39. The normalized spacial score (nSPS) is 19.6. The minimum atomic E-state index is -5.00. The molecule has 0 aliphatic carbocycles. The first-order valence-corrected chi connectivity index (χ1v) is 8.00. The molecule has 22 heavy (non-hydrogen) atoms. The number of hydrogen-bond donors (Lipinski definition) is 0. The van der Waals surface area contributed by atoms with Crippen molar-refractivity contribution in [2.24, 2.45) is 0 Å². The molecule has 1 saturated heterocycles. The molecule has 1 unspecified atom stereocenters. The second-order valence-electron chi connectivity index (χ2n) is 4.47. The van der Waals surface area contributed by atoms with Gasteiger partial charge in [0.05, 0.1) is 5.69 Å². The molecule has 0 aromatic heterocycles. The third-order valence-electron chi connectivity index (χ3n) is 2.93. The van der Waals surface area contributed by atoms with Gasteiger partial charge in [0.1, 0.15) is 5.25 Å². The zero-order valence-electron chi connectivity index (χ0n) is 10.6. The van der Waals surface area contributed by atoms with E-state index in [1.54, 1.807) is 0 Å². The maximum Gasteiger partial charge on any atom is 0.573 e. The van der Waals surface area contributed by atoms with E-state index in [1.165, 1.54) is 6.07 Å². The molecule has 1 aliphatic rings. The summed E-state index contributed by atoms with van der Waals surface area (Å²) in [5.74, 6) is -1.49. The zero-order valence-corrected chi connectivity index (χ0v) is 13.0. The van der Waals surface area contributed by atoms with Crippen LogP contribution in [0.15, 0.2) is 22.7 Å². The third kappa shape index (κ3) is 3.88. The van der Waals surface area contributed by atoms with Crippen molar-refractivity contribution in [2.75, 3.05) is 11.4 Å². The van der Waals surface area contributed by atoms with Crippen LogP contribution >= 0.6 is 15.9 Å². The molecule has 0 saturated carbocycles. The minimum absolute atomic E-state index is 0.261. The summed E-state index contributed by atoms with van der Waals surface area (Å²) in [5.41, 5.74) is -0.281. The number of hydrogen-bond acceptors (Lipinski definition) is 4. The molecule has 0 bridgehead atoms. The van der Waals surface area contributed by atoms with E-state index in [0.717, 1.165) is 17.0 Å². The van der Waals surface area contributed by atoms with Gasteiger partial charge in [0, 0.05) is 17.4 Å². The first-order chi connectivity index (χ1) is 9.97. The smallest absolute Gasteiger partial charge is 0.404 e. The highest BCUT2D eigenvalue weighted by Crippen LogP contribution is 2.38. The molecular weight excluding hydrogens is 398 g/mol. The summed E-state index contributed by atoms with van der Waals surface area (Å²) in [6.07, 6.45) is -5.63. The number of carbonyl (C=O) groups is 1. The number of halogens is 5. The molecule has 0 N–H and O–H groups in total. The molecule has 1 heterocycles.